The van der Waals surface area contributed by atoms with E-state index in [-0.39, 0.29) is 0 Å². The molecule has 0 N–H and O–H groups in total. The van der Waals surface area contributed by atoms with Gasteiger partial charge in [-0.25, -0.2) is 0 Å². The molecule has 0 spiro atoms. The Bertz CT molecular complexity index is 3900. The van der Waals surface area contributed by atoms with Crippen LogP contribution in [0.15, 0.2) is 235 Å². The van der Waals surface area contributed by atoms with Gasteiger partial charge in [0.15, 0.2) is 0 Å². The Morgan fingerprint density at radius 2 is 0.905 bits per heavy atom. The highest BCUT2D eigenvalue weighted by Crippen LogP contribution is 2.43. The minimum atomic E-state index is 0.900. The summed E-state index contributed by atoms with van der Waals surface area (Å²) in [6, 6.07) is 83.6. The number of benzene rings is 11. The number of aromatic nitrogens is 1. The van der Waals surface area contributed by atoms with Gasteiger partial charge in [-0.3, -0.25) is 0 Å². The smallest absolute Gasteiger partial charge is 0.136 e. The Labute approximate surface area is 363 Å². The van der Waals surface area contributed by atoms with Crippen LogP contribution in [0.3, 0.4) is 0 Å². The number of hydrogen-bond acceptors (Lipinski definition) is 2. The van der Waals surface area contributed by atoms with Crippen molar-refractivity contribution >= 4 is 93.1 Å². The second-order valence-corrected chi connectivity index (χ2v) is 16.5. The fourth-order valence-electron chi connectivity index (χ4n) is 10.00. The zero-order valence-corrected chi connectivity index (χ0v) is 34.2. The van der Waals surface area contributed by atoms with Crippen molar-refractivity contribution in [2.75, 3.05) is 4.90 Å². The molecule has 0 bridgehead atoms. The van der Waals surface area contributed by atoms with E-state index in [2.05, 4.69) is 228 Å². The van der Waals surface area contributed by atoms with Crippen molar-refractivity contribution in [3.05, 3.63) is 231 Å². The lowest BCUT2D eigenvalue weighted by Gasteiger charge is -2.26. The van der Waals surface area contributed by atoms with Crippen LogP contribution in [0.5, 0.6) is 0 Å². The molecule has 294 valence electrons. The Kier molecular flexibility index (Phi) is 7.91. The first-order chi connectivity index (χ1) is 31.2. The quantitative estimate of drug-likeness (QED) is 0.156. The highest BCUT2D eigenvalue weighted by atomic mass is 16.3. The molecule has 3 heteroatoms. The molecule has 0 unspecified atom stereocenters. The number of rotatable bonds is 6. The third-order valence-electron chi connectivity index (χ3n) is 13.0. The number of fused-ring (bicyclic) bond motifs is 11. The minimum Gasteiger partial charge on any atom is -0.456 e. The summed E-state index contributed by atoms with van der Waals surface area (Å²) in [7, 11) is 0. The van der Waals surface area contributed by atoms with Crippen LogP contribution in [0.1, 0.15) is 0 Å². The lowest BCUT2D eigenvalue weighted by Crippen LogP contribution is -2.09. The third-order valence-corrected chi connectivity index (χ3v) is 13.0. The maximum Gasteiger partial charge on any atom is 0.136 e. The normalized spacial score (nSPS) is 11.8. The van der Waals surface area contributed by atoms with E-state index in [1.54, 1.807) is 0 Å². The number of nitrogens with zero attached hydrogens (tertiary/aromatic N) is 2. The maximum atomic E-state index is 6.26. The molecule has 0 saturated heterocycles. The van der Waals surface area contributed by atoms with Gasteiger partial charge in [-0.05, 0) is 116 Å². The molecule has 2 aromatic heterocycles. The highest BCUT2D eigenvalue weighted by molar-refractivity contribution is 6.19. The molecular formula is C60H38N2O. The summed E-state index contributed by atoms with van der Waals surface area (Å²) in [5.74, 6) is 0. The Hall–Kier alpha value is -8.40. The van der Waals surface area contributed by atoms with Gasteiger partial charge in [-0.15, -0.1) is 0 Å². The third kappa shape index (κ3) is 5.67. The van der Waals surface area contributed by atoms with E-state index in [4.69, 9.17) is 4.42 Å². The minimum absolute atomic E-state index is 0.900. The van der Waals surface area contributed by atoms with E-state index in [9.17, 15) is 0 Å². The van der Waals surface area contributed by atoms with E-state index in [1.165, 1.54) is 59.7 Å². The van der Waals surface area contributed by atoms with Crippen molar-refractivity contribution in [2.45, 2.75) is 0 Å². The fourth-order valence-corrected chi connectivity index (χ4v) is 10.00. The predicted octanol–water partition coefficient (Wildman–Crippen LogP) is 16.9. The number of hydrogen-bond donors (Lipinski definition) is 0. The van der Waals surface area contributed by atoms with E-state index in [1.807, 2.05) is 12.1 Å². The van der Waals surface area contributed by atoms with Crippen LogP contribution in [0.2, 0.25) is 0 Å². The topological polar surface area (TPSA) is 21.3 Å². The van der Waals surface area contributed by atoms with Crippen LogP contribution in [0.4, 0.5) is 17.1 Å². The first-order valence-corrected chi connectivity index (χ1v) is 21.6. The second-order valence-electron chi connectivity index (χ2n) is 16.5. The molecule has 0 atom stereocenters. The van der Waals surface area contributed by atoms with Crippen molar-refractivity contribution in [3.63, 3.8) is 0 Å². The zero-order valence-electron chi connectivity index (χ0n) is 34.2. The average molecular weight is 803 g/mol. The summed E-state index contributed by atoms with van der Waals surface area (Å²) in [6.07, 6.45) is 0. The summed E-state index contributed by atoms with van der Waals surface area (Å²) in [6.45, 7) is 0. The van der Waals surface area contributed by atoms with Gasteiger partial charge in [0.25, 0.3) is 0 Å². The summed E-state index contributed by atoms with van der Waals surface area (Å²) >= 11 is 0. The molecule has 2 heterocycles. The van der Waals surface area contributed by atoms with Crippen LogP contribution < -0.4 is 4.90 Å². The van der Waals surface area contributed by atoms with Crippen LogP contribution in [0, 0.1) is 0 Å². The molecule has 0 fully saturated rings. The summed E-state index contributed by atoms with van der Waals surface area (Å²) in [5, 5.41) is 12.2. The Morgan fingerprint density at radius 1 is 0.333 bits per heavy atom. The van der Waals surface area contributed by atoms with Gasteiger partial charge in [-0.1, -0.05) is 164 Å². The predicted molar refractivity (Wildman–Crippen MR) is 266 cm³/mol. The van der Waals surface area contributed by atoms with Crippen molar-refractivity contribution in [3.8, 4) is 27.9 Å². The standard InChI is InChI=1S/C60H38N2O/c1-2-13-45(14-3-1)62-56-38-43(28-34-53(56)54-35-27-41-12-5-7-16-52(41)60(54)62)39-23-29-46(30-24-39)61(48-33-36-50-44(37-48)22-21-40-11-4-6-15-49(40)50)47-31-25-42(26-32-47)51-18-10-20-58-59(51)55-17-8-9-19-57(55)63-58/h1-38H. The second kappa shape index (κ2) is 14.1. The van der Waals surface area contributed by atoms with Crippen molar-refractivity contribution < 1.29 is 4.42 Å². The van der Waals surface area contributed by atoms with E-state index in [0.717, 1.165) is 61.4 Å². The molecule has 13 rings (SSSR count). The van der Waals surface area contributed by atoms with E-state index >= 15 is 0 Å². The molecule has 11 aromatic carbocycles. The van der Waals surface area contributed by atoms with Gasteiger partial charge in [0.2, 0.25) is 0 Å². The lowest BCUT2D eigenvalue weighted by molar-refractivity contribution is 0.669. The molecule has 13 aromatic rings. The molecule has 0 aliphatic rings. The van der Waals surface area contributed by atoms with Crippen LogP contribution in [-0.2, 0) is 0 Å². The van der Waals surface area contributed by atoms with Crippen molar-refractivity contribution in [1.29, 1.82) is 0 Å². The first kappa shape index (κ1) is 35.4. The summed E-state index contributed by atoms with van der Waals surface area (Å²) in [4.78, 5) is 2.37. The molecule has 0 amide bonds. The van der Waals surface area contributed by atoms with Gasteiger partial charge >= 0.3 is 0 Å². The number of para-hydroxylation sites is 2. The number of furan rings is 1. The Balaban J connectivity index is 0.939. The van der Waals surface area contributed by atoms with E-state index in [0.29, 0.717) is 0 Å². The van der Waals surface area contributed by atoms with Gasteiger partial charge in [0, 0.05) is 49.7 Å². The average Bonchev–Trinajstić information content (AvgIpc) is 3.91. The molecule has 0 saturated carbocycles. The van der Waals surface area contributed by atoms with Gasteiger partial charge in [0.05, 0.1) is 11.0 Å². The van der Waals surface area contributed by atoms with Crippen molar-refractivity contribution in [2.24, 2.45) is 0 Å². The molecule has 63 heavy (non-hydrogen) atoms. The fraction of sp³-hybridized carbons (Fsp3) is 0. The zero-order chi connectivity index (χ0) is 41.4. The molecule has 0 radical (unpaired) electrons. The van der Waals surface area contributed by atoms with E-state index < -0.39 is 0 Å². The SMILES string of the molecule is c1ccc(-n2c3cc(-c4ccc(N(c5ccc(-c6cccc7oc8ccccc8c67)cc5)c5ccc6c(ccc7ccccc76)c5)cc4)ccc3c3ccc4ccccc4c32)cc1. The maximum absolute atomic E-state index is 6.26. The molecule has 0 aliphatic heterocycles. The molecule has 0 aliphatic carbocycles. The summed E-state index contributed by atoms with van der Waals surface area (Å²) in [5.41, 5.74) is 13.3. The number of anilines is 3. The van der Waals surface area contributed by atoms with Gasteiger partial charge in [-0.2, -0.15) is 0 Å². The first-order valence-electron chi connectivity index (χ1n) is 21.6. The Morgan fingerprint density at radius 3 is 1.71 bits per heavy atom. The highest BCUT2D eigenvalue weighted by Gasteiger charge is 2.19. The largest absolute Gasteiger partial charge is 0.456 e. The molecular weight excluding hydrogens is 765 g/mol. The molecule has 3 nitrogen and oxygen atoms in total. The van der Waals surface area contributed by atoms with Gasteiger partial charge < -0.3 is 13.9 Å². The lowest BCUT2D eigenvalue weighted by atomic mass is 9.98. The van der Waals surface area contributed by atoms with Crippen LogP contribution >= 0.6 is 0 Å². The van der Waals surface area contributed by atoms with Gasteiger partial charge in [0.1, 0.15) is 11.2 Å². The van der Waals surface area contributed by atoms with Crippen molar-refractivity contribution in [1.82, 2.24) is 4.57 Å². The summed E-state index contributed by atoms with van der Waals surface area (Å²) < 4.78 is 8.70. The van der Waals surface area contributed by atoms with Crippen LogP contribution in [-0.4, -0.2) is 4.57 Å². The van der Waals surface area contributed by atoms with Crippen LogP contribution in [0.25, 0.3) is 104 Å². The monoisotopic (exact) mass is 802 g/mol.